The first-order valence-corrected chi connectivity index (χ1v) is 6.37. The minimum absolute atomic E-state index is 0.749. The molecule has 0 aromatic heterocycles. The molecule has 0 bridgehead atoms. The average molecular weight is 205 g/mol. The number of rotatable bonds is 2. The van der Waals surface area contributed by atoms with Crippen LogP contribution in [0.2, 0.25) is 0 Å². The lowest BCUT2D eigenvalue weighted by Crippen LogP contribution is -2.30. The highest BCUT2D eigenvalue weighted by Gasteiger charge is 2.19. The fourth-order valence-electron chi connectivity index (χ4n) is 2.74. The molecule has 1 nitrogen and oxygen atoms in total. The minimum Gasteiger partial charge on any atom is -0.375 e. The van der Waals surface area contributed by atoms with Crippen molar-refractivity contribution in [2.45, 2.75) is 45.4 Å². The van der Waals surface area contributed by atoms with Gasteiger partial charge in [-0.25, -0.2) is 0 Å². The summed E-state index contributed by atoms with van der Waals surface area (Å²) in [6.07, 6.45) is 10.5. The van der Waals surface area contributed by atoms with E-state index in [4.69, 9.17) is 0 Å². The van der Waals surface area contributed by atoms with Crippen molar-refractivity contribution in [3.8, 4) is 0 Å². The lowest BCUT2D eigenvalue weighted by molar-refractivity contribution is 0.265. The molecule has 2 rings (SSSR count). The van der Waals surface area contributed by atoms with E-state index >= 15 is 0 Å². The summed E-state index contributed by atoms with van der Waals surface area (Å²) >= 11 is 0. The number of hydrogen-bond acceptors (Lipinski definition) is 1. The molecule has 0 spiro atoms. The van der Waals surface area contributed by atoms with Gasteiger partial charge in [0.25, 0.3) is 0 Å². The van der Waals surface area contributed by atoms with Crippen molar-refractivity contribution in [2.24, 2.45) is 5.92 Å². The predicted molar refractivity (Wildman–Crippen MR) is 65.7 cm³/mol. The van der Waals surface area contributed by atoms with E-state index in [1.165, 1.54) is 57.2 Å². The minimum atomic E-state index is 0.749. The lowest BCUT2D eigenvalue weighted by Gasteiger charge is -2.34. The molecular formula is C14H23N. The monoisotopic (exact) mass is 205 g/mol. The zero-order valence-corrected chi connectivity index (χ0v) is 9.97. The Morgan fingerprint density at radius 2 is 2.07 bits per heavy atom. The third-order valence-electron chi connectivity index (χ3n) is 3.85. The van der Waals surface area contributed by atoms with Crippen LogP contribution in [-0.2, 0) is 0 Å². The van der Waals surface area contributed by atoms with E-state index in [9.17, 15) is 0 Å². The summed E-state index contributed by atoms with van der Waals surface area (Å²) in [5.74, 6) is 0.749. The van der Waals surface area contributed by atoms with E-state index in [1.54, 1.807) is 5.70 Å². The van der Waals surface area contributed by atoms with Crippen LogP contribution >= 0.6 is 0 Å². The molecule has 1 saturated heterocycles. The second kappa shape index (κ2) is 4.87. The van der Waals surface area contributed by atoms with Gasteiger partial charge in [0.05, 0.1) is 0 Å². The average Bonchev–Trinajstić information content (AvgIpc) is 2.30. The van der Waals surface area contributed by atoms with Crippen LogP contribution in [-0.4, -0.2) is 18.0 Å². The number of likely N-dealkylation sites (tertiary alicyclic amines) is 1. The number of piperidine rings is 1. The van der Waals surface area contributed by atoms with Crippen molar-refractivity contribution in [1.82, 2.24) is 4.90 Å². The smallest absolute Gasteiger partial charge is 0.0174 e. The molecule has 0 aromatic rings. The molecule has 0 amide bonds. The Morgan fingerprint density at radius 1 is 1.33 bits per heavy atom. The van der Waals surface area contributed by atoms with Gasteiger partial charge in [0, 0.05) is 18.8 Å². The summed E-state index contributed by atoms with van der Waals surface area (Å²) in [6.45, 7) is 8.83. The van der Waals surface area contributed by atoms with Crippen LogP contribution in [0.3, 0.4) is 0 Å². The number of allylic oxidation sites excluding steroid dienone is 3. The second-order valence-corrected chi connectivity index (χ2v) is 5.06. The molecule has 2 aliphatic rings. The SMILES string of the molecule is C=C(C)[C@H]1CC=C(N2CCCCC2)CC1. The summed E-state index contributed by atoms with van der Waals surface area (Å²) in [7, 11) is 0. The molecular weight excluding hydrogens is 182 g/mol. The maximum atomic E-state index is 4.07. The van der Waals surface area contributed by atoms with E-state index in [-0.39, 0.29) is 0 Å². The summed E-state index contributed by atoms with van der Waals surface area (Å²) in [6, 6.07) is 0. The first-order chi connectivity index (χ1) is 7.27. The Morgan fingerprint density at radius 3 is 2.60 bits per heavy atom. The van der Waals surface area contributed by atoms with Crippen LogP contribution < -0.4 is 0 Å². The molecule has 0 saturated carbocycles. The standard InChI is InChI=1S/C14H23N/c1-12(2)13-6-8-14(9-7-13)15-10-4-3-5-11-15/h8,13H,1,3-7,9-11H2,2H3/t13-/m0/s1. The lowest BCUT2D eigenvalue weighted by atomic mass is 9.87. The van der Waals surface area contributed by atoms with Gasteiger partial charge >= 0.3 is 0 Å². The third kappa shape index (κ3) is 2.64. The zero-order valence-electron chi connectivity index (χ0n) is 9.97. The molecule has 1 fully saturated rings. The fourth-order valence-corrected chi connectivity index (χ4v) is 2.74. The molecule has 84 valence electrons. The largest absolute Gasteiger partial charge is 0.375 e. The van der Waals surface area contributed by atoms with Crippen LogP contribution in [0.1, 0.15) is 45.4 Å². The molecule has 1 aliphatic heterocycles. The second-order valence-electron chi connectivity index (χ2n) is 5.06. The van der Waals surface area contributed by atoms with Gasteiger partial charge in [0.15, 0.2) is 0 Å². The molecule has 15 heavy (non-hydrogen) atoms. The van der Waals surface area contributed by atoms with E-state index in [0.717, 1.165) is 5.92 Å². The van der Waals surface area contributed by atoms with E-state index in [0.29, 0.717) is 0 Å². The maximum Gasteiger partial charge on any atom is 0.0174 e. The normalized spacial score (nSPS) is 27.4. The summed E-state index contributed by atoms with van der Waals surface area (Å²) < 4.78 is 0. The van der Waals surface area contributed by atoms with Crippen LogP contribution in [0.4, 0.5) is 0 Å². The Balaban J connectivity index is 1.91. The van der Waals surface area contributed by atoms with Crippen LogP contribution in [0, 0.1) is 5.92 Å². The van der Waals surface area contributed by atoms with Crippen molar-refractivity contribution in [1.29, 1.82) is 0 Å². The first kappa shape index (κ1) is 10.8. The molecule has 1 aliphatic carbocycles. The molecule has 0 radical (unpaired) electrons. The van der Waals surface area contributed by atoms with Gasteiger partial charge in [0.2, 0.25) is 0 Å². The third-order valence-corrected chi connectivity index (χ3v) is 3.85. The van der Waals surface area contributed by atoms with Gasteiger partial charge in [-0.2, -0.15) is 0 Å². The molecule has 0 N–H and O–H groups in total. The molecule has 1 heteroatoms. The van der Waals surface area contributed by atoms with Gasteiger partial charge in [0.1, 0.15) is 0 Å². The highest BCUT2D eigenvalue weighted by Crippen LogP contribution is 2.30. The van der Waals surface area contributed by atoms with E-state index < -0.39 is 0 Å². The molecule has 0 unspecified atom stereocenters. The Hall–Kier alpha value is -0.720. The van der Waals surface area contributed by atoms with E-state index in [1.807, 2.05) is 0 Å². The quantitative estimate of drug-likeness (QED) is 0.621. The van der Waals surface area contributed by atoms with Crippen molar-refractivity contribution < 1.29 is 0 Å². The molecule has 1 heterocycles. The molecule has 0 aromatic carbocycles. The summed E-state index contributed by atoms with van der Waals surface area (Å²) in [4.78, 5) is 2.61. The Kier molecular flexibility index (Phi) is 3.50. The van der Waals surface area contributed by atoms with Gasteiger partial charge in [-0.15, -0.1) is 0 Å². The van der Waals surface area contributed by atoms with Gasteiger partial charge in [-0.1, -0.05) is 18.2 Å². The number of hydrogen-bond donors (Lipinski definition) is 0. The Labute approximate surface area is 93.9 Å². The highest BCUT2D eigenvalue weighted by atomic mass is 15.1. The first-order valence-electron chi connectivity index (χ1n) is 6.37. The summed E-state index contributed by atoms with van der Waals surface area (Å²) in [5.41, 5.74) is 2.98. The van der Waals surface area contributed by atoms with Gasteiger partial charge in [-0.3, -0.25) is 0 Å². The van der Waals surface area contributed by atoms with Crippen molar-refractivity contribution in [2.75, 3.05) is 13.1 Å². The van der Waals surface area contributed by atoms with Crippen molar-refractivity contribution in [3.63, 3.8) is 0 Å². The fraction of sp³-hybridized carbons (Fsp3) is 0.714. The van der Waals surface area contributed by atoms with Gasteiger partial charge < -0.3 is 4.90 Å². The van der Waals surface area contributed by atoms with Crippen LogP contribution in [0.15, 0.2) is 23.9 Å². The van der Waals surface area contributed by atoms with Crippen LogP contribution in [0.5, 0.6) is 0 Å². The maximum absolute atomic E-state index is 4.07. The molecule has 1 atom stereocenters. The predicted octanol–water partition coefficient (Wildman–Crippen LogP) is 3.73. The Bertz CT molecular complexity index is 259. The van der Waals surface area contributed by atoms with Crippen molar-refractivity contribution >= 4 is 0 Å². The van der Waals surface area contributed by atoms with E-state index in [2.05, 4.69) is 24.5 Å². The van der Waals surface area contributed by atoms with Gasteiger partial charge in [-0.05, 0) is 51.4 Å². The van der Waals surface area contributed by atoms with Crippen LogP contribution in [0.25, 0.3) is 0 Å². The number of nitrogens with zero attached hydrogens (tertiary/aromatic N) is 1. The topological polar surface area (TPSA) is 3.24 Å². The highest BCUT2D eigenvalue weighted by molar-refractivity contribution is 5.11. The summed E-state index contributed by atoms with van der Waals surface area (Å²) in [5, 5.41) is 0. The zero-order chi connectivity index (χ0) is 10.7. The van der Waals surface area contributed by atoms with Crippen molar-refractivity contribution in [3.05, 3.63) is 23.9 Å².